The minimum absolute atomic E-state index is 0.126. The van der Waals surface area contributed by atoms with E-state index in [1.807, 2.05) is 6.92 Å². The van der Waals surface area contributed by atoms with Crippen LogP contribution in [-0.4, -0.2) is 53.7 Å². The Morgan fingerprint density at radius 2 is 2.00 bits per heavy atom. The topological polar surface area (TPSA) is 130 Å². The molecule has 20 heavy (non-hydrogen) atoms. The molecule has 0 spiro atoms. The molecule has 3 rings (SSSR count). The van der Waals surface area contributed by atoms with Crippen LogP contribution >= 0.6 is 0 Å². The Bertz CT molecular complexity index is 631. The van der Waals surface area contributed by atoms with Crippen molar-refractivity contribution in [1.82, 2.24) is 19.5 Å². The van der Waals surface area contributed by atoms with E-state index in [1.54, 1.807) is 4.57 Å². The van der Waals surface area contributed by atoms with E-state index in [0.717, 1.165) is 0 Å². The van der Waals surface area contributed by atoms with E-state index in [-0.39, 0.29) is 24.3 Å². The highest BCUT2D eigenvalue weighted by Crippen LogP contribution is 2.41. The van der Waals surface area contributed by atoms with Gasteiger partial charge in [0.1, 0.15) is 17.9 Å². The molecule has 0 amide bonds. The molecule has 8 nitrogen and oxygen atoms in total. The summed E-state index contributed by atoms with van der Waals surface area (Å²) in [6.45, 7) is 1.70. The molecule has 1 saturated carbocycles. The maximum Gasteiger partial charge on any atom is 0.165 e. The zero-order valence-corrected chi connectivity index (χ0v) is 11.0. The Balaban J connectivity index is 2.09. The normalized spacial score (nSPS) is 33.9. The Hall–Kier alpha value is -1.77. The van der Waals surface area contributed by atoms with Crippen molar-refractivity contribution in [2.75, 3.05) is 12.3 Å². The van der Waals surface area contributed by atoms with E-state index < -0.39 is 18.2 Å². The molecule has 1 aliphatic rings. The third kappa shape index (κ3) is 1.69. The summed E-state index contributed by atoms with van der Waals surface area (Å²) in [6, 6.07) is -0.415. The van der Waals surface area contributed by atoms with Crippen LogP contribution in [0.25, 0.3) is 11.2 Å². The van der Waals surface area contributed by atoms with E-state index >= 15 is 0 Å². The molecule has 108 valence electrons. The highest BCUT2D eigenvalue weighted by Gasteiger charge is 2.48. The molecule has 2 heterocycles. The van der Waals surface area contributed by atoms with Gasteiger partial charge in [0.15, 0.2) is 11.5 Å². The first-order valence-electron chi connectivity index (χ1n) is 6.46. The van der Waals surface area contributed by atoms with Crippen molar-refractivity contribution in [3.8, 4) is 0 Å². The number of hydrogen-bond donors (Lipinski definition) is 4. The summed E-state index contributed by atoms with van der Waals surface area (Å²) in [5.41, 5.74) is 6.72. The van der Waals surface area contributed by atoms with Crippen LogP contribution in [-0.2, 0) is 0 Å². The number of anilines is 1. The second-order valence-corrected chi connectivity index (χ2v) is 5.26. The summed E-state index contributed by atoms with van der Waals surface area (Å²) < 4.78 is 1.70. The number of nitrogens with two attached hydrogens (primary N) is 1. The molecule has 2 aromatic heterocycles. The number of aromatic nitrogens is 4. The molecule has 5 atom stereocenters. The monoisotopic (exact) mass is 279 g/mol. The minimum Gasteiger partial charge on any atom is -0.396 e. The third-order valence-electron chi connectivity index (χ3n) is 4.27. The van der Waals surface area contributed by atoms with E-state index in [2.05, 4.69) is 15.0 Å². The van der Waals surface area contributed by atoms with Crippen molar-refractivity contribution < 1.29 is 15.3 Å². The average Bonchev–Trinajstić information content (AvgIpc) is 2.92. The molecule has 0 aliphatic heterocycles. The summed E-state index contributed by atoms with van der Waals surface area (Å²) in [7, 11) is 0. The fourth-order valence-corrected chi connectivity index (χ4v) is 3.11. The molecule has 0 bridgehead atoms. The summed E-state index contributed by atoms with van der Waals surface area (Å²) in [5.74, 6) is -0.238. The SMILES string of the molecule is CC1C(CO)[C@@H](O)[C@@H](O)[C@@H]1n1cnc2c(N)ncnc21. The van der Waals surface area contributed by atoms with E-state index in [4.69, 9.17) is 5.73 Å². The van der Waals surface area contributed by atoms with Crippen molar-refractivity contribution in [3.05, 3.63) is 12.7 Å². The third-order valence-corrected chi connectivity index (χ3v) is 4.27. The Kier molecular flexibility index (Phi) is 3.08. The van der Waals surface area contributed by atoms with Crippen molar-refractivity contribution in [2.45, 2.75) is 25.2 Å². The van der Waals surface area contributed by atoms with Gasteiger partial charge in [0.05, 0.1) is 18.5 Å². The molecule has 2 aromatic rings. The van der Waals surface area contributed by atoms with Crippen LogP contribution in [0.3, 0.4) is 0 Å². The number of nitrogen functional groups attached to an aromatic ring is 1. The zero-order chi connectivity index (χ0) is 14.4. The number of fused-ring (bicyclic) bond motifs is 1. The summed E-state index contributed by atoms with van der Waals surface area (Å²) in [6.07, 6.45) is 0.904. The number of nitrogens with zero attached hydrogens (tertiary/aromatic N) is 4. The van der Waals surface area contributed by atoms with Crippen molar-refractivity contribution in [1.29, 1.82) is 0 Å². The lowest BCUT2D eigenvalue weighted by molar-refractivity contribution is -0.00435. The fourth-order valence-electron chi connectivity index (χ4n) is 3.11. The van der Waals surface area contributed by atoms with Crippen LogP contribution in [0.4, 0.5) is 5.82 Å². The number of imidazole rings is 1. The van der Waals surface area contributed by atoms with Crippen LogP contribution in [0.5, 0.6) is 0 Å². The highest BCUT2D eigenvalue weighted by molar-refractivity contribution is 5.81. The van der Waals surface area contributed by atoms with Crippen molar-refractivity contribution in [2.24, 2.45) is 11.8 Å². The van der Waals surface area contributed by atoms with E-state index in [9.17, 15) is 15.3 Å². The van der Waals surface area contributed by atoms with Crippen molar-refractivity contribution >= 4 is 17.0 Å². The van der Waals surface area contributed by atoms with Gasteiger partial charge in [-0.2, -0.15) is 0 Å². The van der Waals surface area contributed by atoms with Gasteiger partial charge in [0.25, 0.3) is 0 Å². The molecule has 0 saturated heterocycles. The molecule has 2 unspecified atom stereocenters. The van der Waals surface area contributed by atoms with Gasteiger partial charge in [0, 0.05) is 12.5 Å². The lowest BCUT2D eigenvalue weighted by atomic mass is 9.95. The lowest BCUT2D eigenvalue weighted by Crippen LogP contribution is -2.30. The largest absolute Gasteiger partial charge is 0.396 e. The summed E-state index contributed by atoms with van der Waals surface area (Å²) in [4.78, 5) is 12.2. The van der Waals surface area contributed by atoms with Crippen LogP contribution < -0.4 is 5.73 Å². The predicted molar refractivity (Wildman–Crippen MR) is 70.5 cm³/mol. The van der Waals surface area contributed by atoms with Gasteiger partial charge in [-0.15, -0.1) is 0 Å². The van der Waals surface area contributed by atoms with Crippen LogP contribution in [0, 0.1) is 11.8 Å². The zero-order valence-electron chi connectivity index (χ0n) is 11.0. The Morgan fingerprint density at radius 1 is 1.25 bits per heavy atom. The van der Waals surface area contributed by atoms with Crippen LogP contribution in [0.15, 0.2) is 12.7 Å². The first-order chi connectivity index (χ1) is 9.56. The number of hydrogen-bond acceptors (Lipinski definition) is 7. The predicted octanol–water partition coefficient (Wildman–Crippen LogP) is -1.07. The molecule has 1 aliphatic carbocycles. The van der Waals surface area contributed by atoms with Gasteiger partial charge >= 0.3 is 0 Å². The maximum atomic E-state index is 10.2. The number of aliphatic hydroxyl groups is 3. The highest BCUT2D eigenvalue weighted by atomic mass is 16.3. The molecule has 0 radical (unpaired) electrons. The molecule has 0 aromatic carbocycles. The van der Waals surface area contributed by atoms with Gasteiger partial charge in [-0.1, -0.05) is 6.92 Å². The van der Waals surface area contributed by atoms with Gasteiger partial charge in [-0.3, -0.25) is 0 Å². The van der Waals surface area contributed by atoms with Gasteiger partial charge in [-0.25, -0.2) is 15.0 Å². The smallest absolute Gasteiger partial charge is 0.165 e. The van der Waals surface area contributed by atoms with E-state index in [0.29, 0.717) is 11.2 Å². The lowest BCUT2D eigenvalue weighted by Gasteiger charge is -2.22. The first kappa shape index (κ1) is 13.2. The molecule has 8 heteroatoms. The van der Waals surface area contributed by atoms with E-state index in [1.165, 1.54) is 12.7 Å². The second kappa shape index (κ2) is 4.65. The quantitative estimate of drug-likeness (QED) is 0.550. The Morgan fingerprint density at radius 3 is 2.65 bits per heavy atom. The molecular weight excluding hydrogens is 262 g/mol. The van der Waals surface area contributed by atoms with Gasteiger partial charge in [-0.05, 0) is 5.92 Å². The maximum absolute atomic E-state index is 10.2. The standard InChI is InChI=1S/C12H17N5O3/c1-5-6(2-18)9(19)10(20)8(5)17-4-16-7-11(13)14-3-15-12(7)17/h3-6,8-10,18-20H,2H2,1H3,(H2,13,14,15)/t5?,6?,8-,9-,10+/m1/s1. The van der Waals surface area contributed by atoms with Gasteiger partial charge in [0.2, 0.25) is 0 Å². The van der Waals surface area contributed by atoms with Crippen LogP contribution in [0.1, 0.15) is 13.0 Å². The number of aliphatic hydroxyl groups excluding tert-OH is 3. The minimum atomic E-state index is -0.990. The van der Waals surface area contributed by atoms with Crippen LogP contribution in [0.2, 0.25) is 0 Å². The first-order valence-corrected chi connectivity index (χ1v) is 6.46. The molecule has 5 N–H and O–H groups in total. The second-order valence-electron chi connectivity index (χ2n) is 5.26. The summed E-state index contributed by atoms with van der Waals surface area (Å²) >= 11 is 0. The Labute approximate surface area is 114 Å². The average molecular weight is 279 g/mol. The fraction of sp³-hybridized carbons (Fsp3) is 0.583. The summed E-state index contributed by atoms with van der Waals surface area (Å²) in [5, 5.41) is 29.6. The molecular formula is C12H17N5O3. The number of rotatable bonds is 2. The molecule has 1 fully saturated rings. The van der Waals surface area contributed by atoms with Crippen molar-refractivity contribution in [3.63, 3.8) is 0 Å². The van der Waals surface area contributed by atoms with Gasteiger partial charge < -0.3 is 25.6 Å².